The number of carbonyl (C=O) groups excluding carboxylic acids is 1. The average molecular weight is 244 g/mol. The molecule has 1 aliphatic heterocycles. The number of rotatable bonds is 8. The molecule has 1 fully saturated rings. The predicted octanol–water partition coefficient (Wildman–Crippen LogP) is 0.154. The lowest BCUT2D eigenvalue weighted by Gasteiger charge is -2.13. The normalized spacial score (nSPS) is 21.4. The Kier molecular flexibility index (Phi) is 7.16. The Hall–Kier alpha value is -0.650. The van der Waals surface area contributed by atoms with E-state index in [-0.39, 0.29) is 18.6 Å². The number of amides is 1. The number of hydrogen-bond acceptors (Lipinski definition) is 4. The van der Waals surface area contributed by atoms with Crippen LogP contribution in [0.4, 0.5) is 0 Å². The van der Waals surface area contributed by atoms with Crippen LogP contribution in [0, 0.1) is 5.92 Å². The Labute approximate surface area is 103 Å². The third-order valence-corrected chi connectivity index (χ3v) is 2.89. The van der Waals surface area contributed by atoms with E-state index < -0.39 is 0 Å². The maximum Gasteiger partial charge on any atom is 0.246 e. The molecular formula is C12H24N2O3. The highest BCUT2D eigenvalue weighted by molar-refractivity contribution is 5.77. The summed E-state index contributed by atoms with van der Waals surface area (Å²) in [5.74, 6) is 0.643. The summed E-state index contributed by atoms with van der Waals surface area (Å²) in [6, 6.07) is 0.0372. The molecule has 1 amide bonds. The van der Waals surface area contributed by atoms with Crippen LogP contribution in [0.1, 0.15) is 19.8 Å². The molecule has 0 spiro atoms. The van der Waals surface area contributed by atoms with Crippen LogP contribution >= 0.6 is 0 Å². The summed E-state index contributed by atoms with van der Waals surface area (Å²) in [4.78, 5) is 11.4. The number of methoxy groups -OCH3 is 1. The Morgan fingerprint density at radius 3 is 3.06 bits per heavy atom. The molecule has 100 valence electrons. The van der Waals surface area contributed by atoms with Gasteiger partial charge in [0.05, 0.1) is 6.61 Å². The third-order valence-electron chi connectivity index (χ3n) is 2.89. The van der Waals surface area contributed by atoms with Gasteiger partial charge in [0.2, 0.25) is 5.91 Å². The first kappa shape index (κ1) is 14.4. The van der Waals surface area contributed by atoms with E-state index in [1.54, 1.807) is 7.11 Å². The zero-order valence-electron chi connectivity index (χ0n) is 10.8. The Morgan fingerprint density at radius 2 is 2.41 bits per heavy atom. The summed E-state index contributed by atoms with van der Waals surface area (Å²) in [6.07, 6.45) is 2.26. The molecule has 5 heteroatoms. The van der Waals surface area contributed by atoms with Crippen LogP contribution in [0.3, 0.4) is 0 Å². The van der Waals surface area contributed by atoms with Crippen molar-refractivity contribution in [3.8, 4) is 0 Å². The van der Waals surface area contributed by atoms with Crippen molar-refractivity contribution < 1.29 is 14.3 Å². The SMILES string of the molecule is COCC(C)NC(=O)COCCC1CCNC1. The van der Waals surface area contributed by atoms with Gasteiger partial charge in [-0.3, -0.25) is 4.79 Å². The minimum Gasteiger partial charge on any atom is -0.383 e. The molecule has 1 saturated heterocycles. The standard InChI is InChI=1S/C12H24N2O3/c1-10(8-16-2)14-12(15)9-17-6-4-11-3-5-13-7-11/h10-11,13H,3-9H2,1-2H3,(H,14,15). The zero-order valence-corrected chi connectivity index (χ0v) is 10.8. The number of hydrogen-bond donors (Lipinski definition) is 2. The fraction of sp³-hybridized carbons (Fsp3) is 0.917. The monoisotopic (exact) mass is 244 g/mol. The minimum absolute atomic E-state index is 0.0372. The van der Waals surface area contributed by atoms with E-state index in [9.17, 15) is 4.79 Å². The fourth-order valence-corrected chi connectivity index (χ4v) is 1.98. The molecule has 0 aromatic rings. The van der Waals surface area contributed by atoms with Crippen LogP contribution in [-0.2, 0) is 14.3 Å². The van der Waals surface area contributed by atoms with Crippen molar-refractivity contribution in [2.24, 2.45) is 5.92 Å². The molecule has 0 radical (unpaired) electrons. The van der Waals surface area contributed by atoms with E-state index in [1.165, 1.54) is 6.42 Å². The van der Waals surface area contributed by atoms with Gasteiger partial charge in [-0.25, -0.2) is 0 Å². The van der Waals surface area contributed by atoms with Gasteiger partial charge in [-0.1, -0.05) is 0 Å². The van der Waals surface area contributed by atoms with Crippen LogP contribution in [0.5, 0.6) is 0 Å². The summed E-state index contributed by atoms with van der Waals surface area (Å²) < 4.78 is 10.3. The highest BCUT2D eigenvalue weighted by Gasteiger charge is 2.14. The third kappa shape index (κ3) is 6.61. The first-order chi connectivity index (χ1) is 8.22. The van der Waals surface area contributed by atoms with Crippen molar-refractivity contribution in [2.75, 3.05) is 40.0 Å². The van der Waals surface area contributed by atoms with Crippen molar-refractivity contribution in [3.05, 3.63) is 0 Å². The summed E-state index contributed by atoms with van der Waals surface area (Å²) in [5, 5.41) is 6.12. The molecule has 1 heterocycles. The average Bonchev–Trinajstić information content (AvgIpc) is 2.77. The molecule has 2 atom stereocenters. The number of nitrogens with one attached hydrogen (secondary N) is 2. The van der Waals surface area contributed by atoms with E-state index in [1.807, 2.05) is 6.92 Å². The van der Waals surface area contributed by atoms with Gasteiger partial charge in [-0.15, -0.1) is 0 Å². The second-order valence-corrected chi connectivity index (χ2v) is 4.62. The lowest BCUT2D eigenvalue weighted by Crippen LogP contribution is -2.38. The first-order valence-electron chi connectivity index (χ1n) is 6.29. The van der Waals surface area contributed by atoms with Crippen molar-refractivity contribution in [1.82, 2.24) is 10.6 Å². The lowest BCUT2D eigenvalue weighted by atomic mass is 10.1. The van der Waals surface area contributed by atoms with Gasteiger partial charge in [-0.2, -0.15) is 0 Å². The molecule has 1 rings (SSSR count). The maximum atomic E-state index is 11.4. The molecule has 0 aromatic carbocycles. The quantitative estimate of drug-likeness (QED) is 0.597. The Bertz CT molecular complexity index is 218. The molecule has 2 N–H and O–H groups in total. The van der Waals surface area contributed by atoms with E-state index in [4.69, 9.17) is 9.47 Å². The Morgan fingerprint density at radius 1 is 1.59 bits per heavy atom. The smallest absolute Gasteiger partial charge is 0.246 e. The second kappa shape index (κ2) is 8.44. The van der Waals surface area contributed by atoms with Crippen LogP contribution < -0.4 is 10.6 Å². The zero-order chi connectivity index (χ0) is 12.5. The van der Waals surface area contributed by atoms with Gasteiger partial charge >= 0.3 is 0 Å². The van der Waals surface area contributed by atoms with Gasteiger partial charge in [0, 0.05) is 19.8 Å². The largest absolute Gasteiger partial charge is 0.383 e. The molecule has 0 saturated carbocycles. The summed E-state index contributed by atoms with van der Waals surface area (Å²) in [6.45, 7) is 5.44. The van der Waals surface area contributed by atoms with Gasteiger partial charge in [0.1, 0.15) is 6.61 Å². The van der Waals surface area contributed by atoms with Crippen molar-refractivity contribution >= 4 is 5.91 Å². The van der Waals surface area contributed by atoms with Gasteiger partial charge < -0.3 is 20.1 Å². The van der Waals surface area contributed by atoms with Crippen LogP contribution in [0.25, 0.3) is 0 Å². The molecular weight excluding hydrogens is 220 g/mol. The molecule has 0 bridgehead atoms. The van der Waals surface area contributed by atoms with E-state index in [2.05, 4.69) is 10.6 Å². The van der Waals surface area contributed by atoms with E-state index in [0.717, 1.165) is 19.5 Å². The molecule has 1 aliphatic rings. The Balaban J connectivity index is 1.95. The molecule has 0 aliphatic carbocycles. The highest BCUT2D eigenvalue weighted by atomic mass is 16.5. The van der Waals surface area contributed by atoms with Crippen molar-refractivity contribution in [3.63, 3.8) is 0 Å². The number of carbonyl (C=O) groups is 1. The van der Waals surface area contributed by atoms with Crippen LogP contribution in [0.15, 0.2) is 0 Å². The summed E-state index contributed by atoms with van der Waals surface area (Å²) in [7, 11) is 1.62. The highest BCUT2D eigenvalue weighted by Crippen LogP contribution is 2.11. The van der Waals surface area contributed by atoms with Crippen molar-refractivity contribution in [1.29, 1.82) is 0 Å². The second-order valence-electron chi connectivity index (χ2n) is 4.62. The topological polar surface area (TPSA) is 59.6 Å². The molecule has 2 unspecified atom stereocenters. The van der Waals surface area contributed by atoms with Crippen LogP contribution in [0.2, 0.25) is 0 Å². The minimum atomic E-state index is -0.0703. The first-order valence-corrected chi connectivity index (χ1v) is 6.29. The summed E-state index contributed by atoms with van der Waals surface area (Å²) in [5.41, 5.74) is 0. The summed E-state index contributed by atoms with van der Waals surface area (Å²) >= 11 is 0. The maximum absolute atomic E-state index is 11.4. The molecule has 0 aromatic heterocycles. The van der Waals surface area contributed by atoms with Gasteiger partial charge in [0.25, 0.3) is 0 Å². The fourth-order valence-electron chi connectivity index (χ4n) is 1.98. The number of ether oxygens (including phenoxy) is 2. The lowest BCUT2D eigenvalue weighted by molar-refractivity contribution is -0.126. The van der Waals surface area contributed by atoms with Crippen LogP contribution in [-0.4, -0.2) is 52.0 Å². The predicted molar refractivity (Wildman–Crippen MR) is 65.9 cm³/mol. The van der Waals surface area contributed by atoms with Crippen molar-refractivity contribution in [2.45, 2.75) is 25.8 Å². The van der Waals surface area contributed by atoms with Gasteiger partial charge in [-0.05, 0) is 38.8 Å². The van der Waals surface area contributed by atoms with E-state index in [0.29, 0.717) is 19.1 Å². The van der Waals surface area contributed by atoms with E-state index >= 15 is 0 Å². The molecule has 5 nitrogen and oxygen atoms in total. The molecule has 17 heavy (non-hydrogen) atoms. The van der Waals surface area contributed by atoms with Gasteiger partial charge in [0.15, 0.2) is 0 Å².